The molecular weight excluding hydrogens is 359 g/mol. The highest BCUT2D eigenvalue weighted by Crippen LogP contribution is 2.36. The quantitative estimate of drug-likeness (QED) is 0.850. The molecule has 0 spiro atoms. The number of benzene rings is 2. The molecular formula is C19H18Cl2N2O2. The molecule has 1 aliphatic rings. The Hall–Kier alpha value is -2.04. The minimum Gasteiger partial charge on any atom is -0.326 e. The van der Waals surface area contributed by atoms with E-state index in [9.17, 15) is 9.59 Å². The highest BCUT2D eigenvalue weighted by Gasteiger charge is 2.36. The topological polar surface area (TPSA) is 49.4 Å². The molecule has 2 amide bonds. The molecule has 0 aromatic heterocycles. The lowest BCUT2D eigenvalue weighted by Crippen LogP contribution is -2.28. The first kappa shape index (κ1) is 17.8. The summed E-state index contributed by atoms with van der Waals surface area (Å²) in [6, 6.07) is 10.9. The second kappa shape index (κ2) is 7.06. The van der Waals surface area contributed by atoms with Gasteiger partial charge >= 0.3 is 0 Å². The minimum atomic E-state index is -0.428. The Morgan fingerprint density at radius 3 is 2.64 bits per heavy atom. The van der Waals surface area contributed by atoms with E-state index in [0.717, 1.165) is 16.8 Å². The SMILES string of the molecule is Cc1cccc(NC(=O)[C@@H]2CC(=O)N(c3cccc(Cl)c3Cl)C2)c1C. The van der Waals surface area contributed by atoms with Crippen LogP contribution in [0.15, 0.2) is 36.4 Å². The van der Waals surface area contributed by atoms with E-state index in [1.54, 1.807) is 18.2 Å². The first-order valence-corrected chi connectivity index (χ1v) is 8.75. The molecule has 2 aromatic rings. The van der Waals surface area contributed by atoms with E-state index in [4.69, 9.17) is 23.2 Å². The third kappa shape index (κ3) is 3.51. The van der Waals surface area contributed by atoms with Crippen molar-refractivity contribution in [1.82, 2.24) is 0 Å². The molecule has 1 aliphatic heterocycles. The van der Waals surface area contributed by atoms with Crippen molar-refractivity contribution in [3.05, 3.63) is 57.6 Å². The molecule has 1 atom stereocenters. The predicted octanol–water partition coefficient (Wildman–Crippen LogP) is 4.60. The molecule has 6 heteroatoms. The number of nitrogens with one attached hydrogen (secondary N) is 1. The van der Waals surface area contributed by atoms with Gasteiger partial charge in [-0.25, -0.2) is 0 Å². The van der Waals surface area contributed by atoms with Crippen molar-refractivity contribution in [2.75, 3.05) is 16.8 Å². The Kier molecular flexibility index (Phi) is 5.02. The second-order valence-electron chi connectivity index (χ2n) is 6.22. The van der Waals surface area contributed by atoms with E-state index < -0.39 is 5.92 Å². The molecule has 0 bridgehead atoms. The number of carbonyl (C=O) groups excluding carboxylic acids is 2. The van der Waals surface area contributed by atoms with Gasteiger partial charge in [0.25, 0.3) is 0 Å². The van der Waals surface area contributed by atoms with Crippen LogP contribution in [-0.2, 0) is 9.59 Å². The fraction of sp³-hybridized carbons (Fsp3) is 0.263. The summed E-state index contributed by atoms with van der Waals surface area (Å²) in [6.45, 7) is 4.24. The van der Waals surface area contributed by atoms with Crippen molar-refractivity contribution < 1.29 is 9.59 Å². The van der Waals surface area contributed by atoms with E-state index in [2.05, 4.69) is 5.32 Å². The molecule has 1 N–H and O–H groups in total. The van der Waals surface area contributed by atoms with Crippen LogP contribution in [0.2, 0.25) is 10.0 Å². The molecule has 0 saturated carbocycles. The Balaban J connectivity index is 1.77. The van der Waals surface area contributed by atoms with Gasteiger partial charge in [0.2, 0.25) is 11.8 Å². The lowest BCUT2D eigenvalue weighted by molar-refractivity contribution is -0.122. The molecule has 1 heterocycles. The van der Waals surface area contributed by atoms with E-state index >= 15 is 0 Å². The number of amides is 2. The van der Waals surface area contributed by atoms with Crippen LogP contribution in [0.4, 0.5) is 11.4 Å². The summed E-state index contributed by atoms with van der Waals surface area (Å²) in [5.41, 5.74) is 3.44. The Morgan fingerprint density at radius 1 is 1.16 bits per heavy atom. The zero-order valence-electron chi connectivity index (χ0n) is 14.0. The molecule has 0 radical (unpaired) electrons. The number of carbonyl (C=O) groups is 2. The number of hydrogen-bond acceptors (Lipinski definition) is 2. The molecule has 2 aromatic carbocycles. The summed E-state index contributed by atoms with van der Waals surface area (Å²) in [5, 5.41) is 3.65. The Morgan fingerprint density at radius 2 is 1.88 bits per heavy atom. The maximum absolute atomic E-state index is 12.6. The summed E-state index contributed by atoms with van der Waals surface area (Å²) >= 11 is 12.2. The van der Waals surface area contributed by atoms with Gasteiger partial charge in [-0.1, -0.05) is 41.4 Å². The van der Waals surface area contributed by atoms with Crippen LogP contribution in [0.3, 0.4) is 0 Å². The lowest BCUT2D eigenvalue weighted by atomic mass is 10.1. The summed E-state index contributed by atoms with van der Waals surface area (Å²) in [6.07, 6.45) is 0.152. The average Bonchev–Trinajstić information content (AvgIpc) is 2.96. The molecule has 130 valence electrons. The fourth-order valence-corrected chi connectivity index (χ4v) is 3.34. The van der Waals surface area contributed by atoms with Crippen molar-refractivity contribution in [2.45, 2.75) is 20.3 Å². The van der Waals surface area contributed by atoms with Crippen molar-refractivity contribution in [2.24, 2.45) is 5.92 Å². The van der Waals surface area contributed by atoms with Crippen molar-refractivity contribution in [3.63, 3.8) is 0 Å². The van der Waals surface area contributed by atoms with Crippen molar-refractivity contribution in [1.29, 1.82) is 0 Å². The van der Waals surface area contributed by atoms with Gasteiger partial charge in [-0.3, -0.25) is 9.59 Å². The summed E-state index contributed by atoms with van der Waals surface area (Å²) in [7, 11) is 0. The molecule has 4 nitrogen and oxygen atoms in total. The van der Waals surface area contributed by atoms with E-state index in [1.807, 2.05) is 32.0 Å². The monoisotopic (exact) mass is 376 g/mol. The van der Waals surface area contributed by atoms with Gasteiger partial charge in [-0.2, -0.15) is 0 Å². The second-order valence-corrected chi connectivity index (χ2v) is 7.00. The Bertz CT molecular complexity index is 851. The minimum absolute atomic E-state index is 0.134. The van der Waals surface area contributed by atoms with Gasteiger partial charge in [0.05, 0.1) is 21.7 Å². The normalized spacial score (nSPS) is 17.0. The standard InChI is InChI=1S/C19H18Cl2N2O2/c1-11-5-3-7-15(12(11)2)22-19(25)13-9-17(24)23(10-13)16-8-4-6-14(20)18(16)21/h3-8,13H,9-10H2,1-2H3,(H,22,25)/t13-/m1/s1. The van der Waals surface area contributed by atoms with E-state index in [0.29, 0.717) is 15.7 Å². The van der Waals surface area contributed by atoms with Gasteiger partial charge in [0.1, 0.15) is 0 Å². The number of rotatable bonds is 3. The zero-order valence-corrected chi connectivity index (χ0v) is 15.5. The maximum Gasteiger partial charge on any atom is 0.229 e. The smallest absolute Gasteiger partial charge is 0.229 e. The molecule has 3 rings (SSSR count). The van der Waals surface area contributed by atoms with Crippen LogP contribution >= 0.6 is 23.2 Å². The van der Waals surface area contributed by atoms with Gasteiger partial charge < -0.3 is 10.2 Å². The van der Waals surface area contributed by atoms with Crippen LogP contribution in [0.5, 0.6) is 0 Å². The number of aryl methyl sites for hydroxylation is 1. The summed E-state index contributed by atoms with van der Waals surface area (Å²) in [4.78, 5) is 26.5. The molecule has 0 unspecified atom stereocenters. The van der Waals surface area contributed by atoms with E-state index in [1.165, 1.54) is 4.90 Å². The first-order valence-electron chi connectivity index (χ1n) is 8.00. The van der Waals surface area contributed by atoms with Crippen molar-refractivity contribution >= 4 is 46.4 Å². The average molecular weight is 377 g/mol. The van der Waals surface area contributed by atoms with Crippen LogP contribution in [-0.4, -0.2) is 18.4 Å². The predicted molar refractivity (Wildman–Crippen MR) is 101 cm³/mol. The maximum atomic E-state index is 12.6. The molecule has 1 fully saturated rings. The number of nitrogens with zero attached hydrogens (tertiary/aromatic N) is 1. The highest BCUT2D eigenvalue weighted by atomic mass is 35.5. The highest BCUT2D eigenvalue weighted by molar-refractivity contribution is 6.44. The lowest BCUT2D eigenvalue weighted by Gasteiger charge is -2.19. The number of hydrogen-bond donors (Lipinski definition) is 1. The summed E-state index contributed by atoms with van der Waals surface area (Å²) in [5.74, 6) is -0.726. The zero-order chi connectivity index (χ0) is 18.1. The van der Waals surface area contributed by atoms with Crippen molar-refractivity contribution in [3.8, 4) is 0 Å². The van der Waals surface area contributed by atoms with Crippen LogP contribution in [0.25, 0.3) is 0 Å². The Labute approximate surface area is 156 Å². The largest absolute Gasteiger partial charge is 0.326 e. The van der Waals surface area contributed by atoms with Crippen LogP contribution < -0.4 is 10.2 Å². The van der Waals surface area contributed by atoms with Gasteiger partial charge in [0.15, 0.2) is 0 Å². The third-order valence-electron chi connectivity index (χ3n) is 4.58. The van der Waals surface area contributed by atoms with Gasteiger partial charge in [0, 0.05) is 18.7 Å². The summed E-state index contributed by atoms with van der Waals surface area (Å²) < 4.78 is 0. The molecule has 0 aliphatic carbocycles. The van der Waals surface area contributed by atoms with Gasteiger partial charge in [-0.05, 0) is 43.2 Å². The third-order valence-corrected chi connectivity index (χ3v) is 5.39. The number of anilines is 2. The van der Waals surface area contributed by atoms with Crippen LogP contribution in [0, 0.1) is 19.8 Å². The van der Waals surface area contributed by atoms with Gasteiger partial charge in [-0.15, -0.1) is 0 Å². The molecule has 25 heavy (non-hydrogen) atoms. The van der Waals surface area contributed by atoms with E-state index in [-0.39, 0.29) is 24.8 Å². The molecule has 1 saturated heterocycles. The first-order chi connectivity index (χ1) is 11.9. The number of halogens is 2. The fourth-order valence-electron chi connectivity index (χ4n) is 2.94. The van der Waals surface area contributed by atoms with Crippen LogP contribution in [0.1, 0.15) is 17.5 Å².